The first-order valence-electron chi connectivity index (χ1n) is 7.44. The third-order valence-corrected chi connectivity index (χ3v) is 6.33. The van der Waals surface area contributed by atoms with Gasteiger partial charge in [0.2, 0.25) is 5.91 Å². The van der Waals surface area contributed by atoms with Gasteiger partial charge < -0.3 is 10.4 Å². The van der Waals surface area contributed by atoms with Crippen LogP contribution in [0.4, 0.5) is 5.69 Å². The van der Waals surface area contributed by atoms with Gasteiger partial charge in [-0.2, -0.15) is 0 Å². The Labute approximate surface area is 146 Å². The van der Waals surface area contributed by atoms with Gasteiger partial charge in [-0.1, -0.05) is 36.4 Å². The number of hydrogen-bond acceptors (Lipinski definition) is 4. The summed E-state index contributed by atoms with van der Waals surface area (Å²) >= 11 is 2.86. The number of thiophene rings is 2. The van der Waals surface area contributed by atoms with E-state index >= 15 is 0 Å². The van der Waals surface area contributed by atoms with Crippen molar-refractivity contribution >= 4 is 40.2 Å². The number of fused-ring (bicyclic) bond motifs is 1. The van der Waals surface area contributed by atoms with Crippen molar-refractivity contribution in [1.29, 1.82) is 0 Å². The van der Waals surface area contributed by atoms with Crippen molar-refractivity contribution in [2.75, 3.05) is 5.32 Å². The predicted molar refractivity (Wildman–Crippen MR) is 96.1 cm³/mol. The van der Waals surface area contributed by atoms with Crippen LogP contribution in [0.1, 0.15) is 31.8 Å². The van der Waals surface area contributed by atoms with Gasteiger partial charge in [-0.25, -0.2) is 4.79 Å². The summed E-state index contributed by atoms with van der Waals surface area (Å²) in [6, 6.07) is 13.3. The molecular weight excluding hydrogens is 342 g/mol. The molecule has 2 N–H and O–H groups in total. The molecule has 1 aliphatic heterocycles. The van der Waals surface area contributed by atoms with Crippen LogP contribution in [-0.2, 0) is 4.79 Å². The predicted octanol–water partition coefficient (Wildman–Crippen LogP) is 4.65. The molecule has 24 heavy (non-hydrogen) atoms. The highest BCUT2D eigenvalue weighted by molar-refractivity contribution is 7.15. The first-order valence-corrected chi connectivity index (χ1v) is 9.13. The van der Waals surface area contributed by atoms with Crippen molar-refractivity contribution in [2.24, 2.45) is 0 Å². The molecule has 1 aromatic carbocycles. The lowest BCUT2D eigenvalue weighted by Crippen LogP contribution is -2.22. The molecule has 0 bridgehead atoms. The Morgan fingerprint density at radius 3 is 2.62 bits per heavy atom. The second-order valence-corrected chi connectivity index (χ2v) is 7.57. The van der Waals surface area contributed by atoms with Gasteiger partial charge in [0, 0.05) is 27.7 Å². The largest absolute Gasteiger partial charge is 0.477 e. The topological polar surface area (TPSA) is 66.4 Å². The van der Waals surface area contributed by atoms with Crippen LogP contribution in [0.3, 0.4) is 0 Å². The van der Waals surface area contributed by atoms with E-state index in [-0.39, 0.29) is 16.7 Å². The van der Waals surface area contributed by atoms with Crippen molar-refractivity contribution in [1.82, 2.24) is 0 Å². The lowest BCUT2D eigenvalue weighted by Gasteiger charge is -2.22. The van der Waals surface area contributed by atoms with E-state index in [1.807, 2.05) is 47.8 Å². The number of benzene rings is 1. The van der Waals surface area contributed by atoms with Gasteiger partial charge in [0.05, 0.1) is 5.69 Å². The highest BCUT2D eigenvalue weighted by Crippen LogP contribution is 2.49. The molecule has 3 heterocycles. The van der Waals surface area contributed by atoms with Crippen LogP contribution >= 0.6 is 22.7 Å². The highest BCUT2D eigenvalue weighted by atomic mass is 32.1. The van der Waals surface area contributed by atoms with E-state index in [1.54, 1.807) is 11.3 Å². The maximum absolute atomic E-state index is 12.2. The van der Waals surface area contributed by atoms with Crippen molar-refractivity contribution in [3.63, 3.8) is 0 Å². The number of amides is 1. The summed E-state index contributed by atoms with van der Waals surface area (Å²) in [5, 5.41) is 14.5. The van der Waals surface area contributed by atoms with Gasteiger partial charge >= 0.3 is 5.97 Å². The number of rotatable bonds is 3. The monoisotopic (exact) mass is 355 g/mol. The van der Waals surface area contributed by atoms with Gasteiger partial charge in [0.15, 0.2) is 0 Å². The molecule has 6 heteroatoms. The molecule has 1 unspecified atom stereocenters. The fourth-order valence-corrected chi connectivity index (χ4v) is 5.19. The first-order chi connectivity index (χ1) is 11.6. The molecule has 0 spiro atoms. The second kappa shape index (κ2) is 5.89. The zero-order valence-corrected chi connectivity index (χ0v) is 14.1. The number of aromatic carboxylic acids is 1. The maximum atomic E-state index is 12.2. The van der Waals surface area contributed by atoms with Gasteiger partial charge in [-0.15, -0.1) is 22.7 Å². The number of nitrogens with one attached hydrogen (secondary N) is 1. The average Bonchev–Trinajstić information content (AvgIpc) is 3.22. The van der Waals surface area contributed by atoms with Gasteiger partial charge in [-0.05, 0) is 17.0 Å². The molecule has 0 fully saturated rings. The van der Waals surface area contributed by atoms with Gasteiger partial charge in [-0.3, -0.25) is 4.79 Å². The SMILES string of the molecule is O=C1CC(c2cccs2)c2sc(C(=O)O)c(-c3ccccc3)c2N1. The van der Waals surface area contributed by atoms with Crippen LogP contribution in [0, 0.1) is 0 Å². The Morgan fingerprint density at radius 2 is 1.96 bits per heavy atom. The molecule has 0 saturated heterocycles. The van der Waals surface area contributed by atoms with E-state index in [1.165, 1.54) is 11.3 Å². The Kier molecular flexibility index (Phi) is 3.70. The van der Waals surface area contributed by atoms with Gasteiger partial charge in [0.25, 0.3) is 0 Å². The number of carbonyl (C=O) groups is 2. The zero-order chi connectivity index (χ0) is 16.7. The molecule has 2 aromatic heterocycles. The quantitative estimate of drug-likeness (QED) is 0.719. The normalized spacial score (nSPS) is 16.5. The minimum atomic E-state index is -0.965. The molecule has 0 radical (unpaired) electrons. The van der Waals surface area contributed by atoms with E-state index < -0.39 is 5.97 Å². The summed E-state index contributed by atoms with van der Waals surface area (Å²) in [6.07, 6.45) is 0.349. The lowest BCUT2D eigenvalue weighted by molar-refractivity contribution is -0.116. The van der Waals surface area contributed by atoms with E-state index in [9.17, 15) is 14.7 Å². The summed E-state index contributed by atoms with van der Waals surface area (Å²) in [6.45, 7) is 0. The average molecular weight is 355 g/mol. The fraction of sp³-hybridized carbons (Fsp3) is 0.111. The van der Waals surface area contributed by atoms with Crippen LogP contribution in [-0.4, -0.2) is 17.0 Å². The highest BCUT2D eigenvalue weighted by Gasteiger charge is 2.34. The molecule has 3 aromatic rings. The van der Waals surface area contributed by atoms with Crippen LogP contribution in [0.2, 0.25) is 0 Å². The van der Waals surface area contributed by atoms with Gasteiger partial charge in [0.1, 0.15) is 4.88 Å². The van der Waals surface area contributed by atoms with E-state index in [2.05, 4.69) is 5.32 Å². The zero-order valence-electron chi connectivity index (χ0n) is 12.5. The van der Waals surface area contributed by atoms with Crippen LogP contribution < -0.4 is 5.32 Å². The number of anilines is 1. The molecule has 1 aliphatic rings. The minimum Gasteiger partial charge on any atom is -0.477 e. The van der Waals surface area contributed by atoms with E-state index in [0.717, 1.165) is 15.3 Å². The Bertz CT molecular complexity index is 913. The van der Waals surface area contributed by atoms with Crippen molar-refractivity contribution in [3.05, 3.63) is 62.5 Å². The van der Waals surface area contributed by atoms with Crippen LogP contribution in [0.25, 0.3) is 11.1 Å². The van der Waals surface area contributed by atoms with Crippen LogP contribution in [0.5, 0.6) is 0 Å². The standard InChI is InChI=1S/C18H13NO3S2/c20-13-9-11(12-7-4-8-23-12)16-15(19-13)14(17(24-16)18(21)22)10-5-2-1-3-6-10/h1-8,11H,9H2,(H,19,20)(H,21,22). The Hall–Kier alpha value is -2.44. The van der Waals surface area contributed by atoms with Crippen molar-refractivity contribution in [3.8, 4) is 11.1 Å². The Balaban J connectivity index is 1.96. The maximum Gasteiger partial charge on any atom is 0.346 e. The summed E-state index contributed by atoms with van der Waals surface area (Å²) in [5.41, 5.74) is 2.07. The number of carbonyl (C=O) groups excluding carboxylic acids is 1. The summed E-state index contributed by atoms with van der Waals surface area (Å²) in [4.78, 5) is 26.3. The Morgan fingerprint density at radius 1 is 1.17 bits per heavy atom. The fourth-order valence-electron chi connectivity index (χ4n) is 3.04. The van der Waals surface area contributed by atoms with E-state index in [0.29, 0.717) is 17.7 Å². The second-order valence-electron chi connectivity index (χ2n) is 5.54. The molecular formula is C18H13NO3S2. The lowest BCUT2D eigenvalue weighted by atomic mass is 9.93. The molecule has 4 nitrogen and oxygen atoms in total. The van der Waals surface area contributed by atoms with Crippen molar-refractivity contribution in [2.45, 2.75) is 12.3 Å². The number of hydrogen-bond donors (Lipinski definition) is 2. The van der Waals surface area contributed by atoms with Crippen molar-refractivity contribution < 1.29 is 14.7 Å². The smallest absolute Gasteiger partial charge is 0.346 e. The summed E-state index contributed by atoms with van der Waals surface area (Å²) in [5.74, 6) is -1.12. The van der Waals surface area contributed by atoms with E-state index in [4.69, 9.17) is 0 Å². The third-order valence-electron chi connectivity index (χ3n) is 4.05. The molecule has 1 amide bonds. The first kappa shape index (κ1) is 15.1. The summed E-state index contributed by atoms with van der Waals surface area (Å²) in [7, 11) is 0. The van der Waals surface area contributed by atoms with Crippen LogP contribution in [0.15, 0.2) is 47.8 Å². The minimum absolute atomic E-state index is 0.0747. The molecule has 1 atom stereocenters. The molecule has 0 saturated carbocycles. The molecule has 0 aliphatic carbocycles. The molecule has 120 valence electrons. The number of carboxylic acid groups (broad SMARTS) is 1. The number of carboxylic acids is 1. The summed E-state index contributed by atoms with van der Waals surface area (Å²) < 4.78 is 0. The molecule has 4 rings (SSSR count). The third kappa shape index (κ3) is 2.44.